The summed E-state index contributed by atoms with van der Waals surface area (Å²) in [5.41, 5.74) is 3.47. The van der Waals surface area contributed by atoms with Crippen molar-refractivity contribution in [2.75, 3.05) is 20.1 Å². The molecule has 3 rings (SSSR count). The Morgan fingerprint density at radius 1 is 1.12 bits per heavy atom. The van der Waals surface area contributed by atoms with Crippen LogP contribution in [0, 0.1) is 0 Å². The van der Waals surface area contributed by atoms with Crippen LogP contribution in [0.4, 0.5) is 0 Å². The molecule has 0 N–H and O–H groups in total. The van der Waals surface area contributed by atoms with Crippen LogP contribution in [-0.2, 0) is 17.6 Å². The fourth-order valence-electron chi connectivity index (χ4n) is 4.28. The van der Waals surface area contributed by atoms with Crippen molar-refractivity contribution in [3.05, 3.63) is 34.9 Å². The molecule has 0 aromatic heterocycles. The molecule has 1 aromatic rings. The number of fused-ring (bicyclic) bond motifs is 1. The average Bonchev–Trinajstić information content (AvgIpc) is 3.13. The number of aryl methyl sites for hydroxylation is 2. The van der Waals surface area contributed by atoms with E-state index in [-0.39, 0.29) is 11.7 Å². The molecule has 0 spiro atoms. The molecular formula is C22H32N2O2. The van der Waals surface area contributed by atoms with E-state index in [1.807, 2.05) is 24.1 Å². The third-order valence-corrected chi connectivity index (χ3v) is 6.16. The minimum Gasteiger partial charge on any atom is -0.343 e. The molecule has 4 heteroatoms. The minimum absolute atomic E-state index is 0.0936. The second-order valence-electron chi connectivity index (χ2n) is 8.13. The van der Waals surface area contributed by atoms with Crippen LogP contribution in [0.25, 0.3) is 0 Å². The van der Waals surface area contributed by atoms with E-state index in [2.05, 4.69) is 24.8 Å². The summed E-state index contributed by atoms with van der Waals surface area (Å²) >= 11 is 0. The average molecular weight is 357 g/mol. The summed E-state index contributed by atoms with van der Waals surface area (Å²) in [6.45, 7) is 6.54. The van der Waals surface area contributed by atoms with Gasteiger partial charge < -0.3 is 9.80 Å². The van der Waals surface area contributed by atoms with Gasteiger partial charge in [-0.1, -0.05) is 12.1 Å². The maximum absolute atomic E-state index is 12.5. The number of likely N-dealkylation sites (tertiary alicyclic amines) is 1. The van der Waals surface area contributed by atoms with Crippen molar-refractivity contribution in [3.8, 4) is 0 Å². The van der Waals surface area contributed by atoms with E-state index in [0.29, 0.717) is 24.9 Å². The van der Waals surface area contributed by atoms with Crippen molar-refractivity contribution < 1.29 is 9.59 Å². The van der Waals surface area contributed by atoms with Crippen LogP contribution in [0.1, 0.15) is 67.4 Å². The number of amides is 1. The summed E-state index contributed by atoms with van der Waals surface area (Å²) in [6, 6.07) is 6.95. The van der Waals surface area contributed by atoms with Crippen LogP contribution in [-0.4, -0.2) is 53.7 Å². The first kappa shape index (κ1) is 19.1. The molecule has 1 aromatic carbocycles. The highest BCUT2D eigenvalue weighted by Gasteiger charge is 2.26. The van der Waals surface area contributed by atoms with Gasteiger partial charge in [0, 0.05) is 50.6 Å². The van der Waals surface area contributed by atoms with Gasteiger partial charge in [-0.05, 0) is 63.1 Å². The molecule has 4 nitrogen and oxygen atoms in total. The van der Waals surface area contributed by atoms with Crippen molar-refractivity contribution in [2.45, 2.75) is 70.9 Å². The van der Waals surface area contributed by atoms with Crippen LogP contribution in [0.15, 0.2) is 18.2 Å². The molecule has 0 unspecified atom stereocenters. The van der Waals surface area contributed by atoms with E-state index >= 15 is 0 Å². The molecule has 0 saturated carbocycles. The molecule has 0 atom stereocenters. The summed E-state index contributed by atoms with van der Waals surface area (Å²) in [6.07, 6.45) is 6.07. The van der Waals surface area contributed by atoms with Gasteiger partial charge in [0.15, 0.2) is 5.78 Å². The predicted octanol–water partition coefficient (Wildman–Crippen LogP) is 3.47. The first-order chi connectivity index (χ1) is 12.5. The Bertz CT molecular complexity index is 660. The number of benzene rings is 1. The second kappa shape index (κ2) is 8.34. The SMILES string of the molecule is CC(C)N1CCC(N(C)C(=O)CCC(=O)c2ccc3c(c2)CCC3)CC1. The van der Waals surface area contributed by atoms with E-state index in [1.54, 1.807) is 0 Å². The summed E-state index contributed by atoms with van der Waals surface area (Å²) in [5.74, 6) is 0.193. The predicted molar refractivity (Wildman–Crippen MR) is 105 cm³/mol. The Hall–Kier alpha value is -1.68. The van der Waals surface area contributed by atoms with Crippen LogP contribution < -0.4 is 0 Å². The normalized spacial score (nSPS) is 18.2. The molecule has 2 aliphatic rings. The number of carbonyl (C=O) groups is 2. The molecule has 26 heavy (non-hydrogen) atoms. The number of hydrogen-bond acceptors (Lipinski definition) is 3. The van der Waals surface area contributed by atoms with E-state index in [4.69, 9.17) is 0 Å². The van der Waals surface area contributed by atoms with E-state index in [0.717, 1.165) is 44.3 Å². The Balaban J connectivity index is 1.48. The summed E-state index contributed by atoms with van der Waals surface area (Å²) < 4.78 is 0. The van der Waals surface area contributed by atoms with Gasteiger partial charge in [-0.25, -0.2) is 0 Å². The Morgan fingerprint density at radius 3 is 2.50 bits per heavy atom. The van der Waals surface area contributed by atoms with Gasteiger partial charge in [-0.3, -0.25) is 9.59 Å². The van der Waals surface area contributed by atoms with Gasteiger partial charge in [-0.15, -0.1) is 0 Å². The molecule has 142 valence electrons. The fraction of sp³-hybridized carbons (Fsp3) is 0.636. The molecule has 1 saturated heterocycles. The number of carbonyl (C=O) groups excluding carboxylic acids is 2. The fourth-order valence-corrected chi connectivity index (χ4v) is 4.28. The van der Waals surface area contributed by atoms with Crippen molar-refractivity contribution >= 4 is 11.7 Å². The number of ketones is 1. The zero-order chi connectivity index (χ0) is 18.7. The lowest BCUT2D eigenvalue weighted by atomic mass is 10.00. The third-order valence-electron chi connectivity index (χ3n) is 6.16. The largest absolute Gasteiger partial charge is 0.343 e. The van der Waals surface area contributed by atoms with Gasteiger partial charge in [-0.2, -0.15) is 0 Å². The first-order valence-electron chi connectivity index (χ1n) is 10.1. The van der Waals surface area contributed by atoms with Crippen LogP contribution in [0.3, 0.4) is 0 Å². The minimum atomic E-state index is 0.0936. The molecule has 1 aliphatic heterocycles. The third kappa shape index (κ3) is 4.35. The van der Waals surface area contributed by atoms with Crippen LogP contribution in [0.5, 0.6) is 0 Å². The zero-order valence-electron chi connectivity index (χ0n) is 16.5. The highest BCUT2D eigenvalue weighted by molar-refractivity contribution is 5.98. The molecule has 0 radical (unpaired) electrons. The molecule has 1 amide bonds. The van der Waals surface area contributed by atoms with Crippen LogP contribution >= 0.6 is 0 Å². The molecule has 0 bridgehead atoms. The Kier molecular flexibility index (Phi) is 6.13. The molecular weight excluding hydrogens is 324 g/mol. The Labute approximate surface area is 157 Å². The summed E-state index contributed by atoms with van der Waals surface area (Å²) in [5, 5.41) is 0. The van der Waals surface area contributed by atoms with Crippen molar-refractivity contribution in [1.82, 2.24) is 9.80 Å². The number of Topliss-reactive ketones (excluding diaryl/α,β-unsaturated/α-hetero) is 1. The van der Waals surface area contributed by atoms with E-state index in [9.17, 15) is 9.59 Å². The summed E-state index contributed by atoms with van der Waals surface area (Å²) in [7, 11) is 1.90. The Morgan fingerprint density at radius 2 is 1.81 bits per heavy atom. The summed E-state index contributed by atoms with van der Waals surface area (Å²) in [4.78, 5) is 29.4. The maximum Gasteiger partial charge on any atom is 0.223 e. The van der Waals surface area contributed by atoms with Gasteiger partial charge >= 0.3 is 0 Å². The van der Waals surface area contributed by atoms with Gasteiger partial charge in [0.25, 0.3) is 0 Å². The highest BCUT2D eigenvalue weighted by atomic mass is 16.2. The van der Waals surface area contributed by atoms with Crippen LogP contribution in [0.2, 0.25) is 0 Å². The standard InChI is InChI=1S/C22H32N2O2/c1-16(2)24-13-11-20(12-14-24)23(3)22(26)10-9-21(25)19-8-7-17-5-4-6-18(17)15-19/h7-8,15-16,20H,4-6,9-14H2,1-3H3. The number of rotatable bonds is 6. The first-order valence-corrected chi connectivity index (χ1v) is 10.1. The molecule has 1 aliphatic carbocycles. The number of hydrogen-bond donors (Lipinski definition) is 0. The van der Waals surface area contributed by atoms with Crippen molar-refractivity contribution in [1.29, 1.82) is 0 Å². The van der Waals surface area contributed by atoms with Crippen molar-refractivity contribution in [3.63, 3.8) is 0 Å². The lowest BCUT2D eigenvalue weighted by Gasteiger charge is -2.38. The van der Waals surface area contributed by atoms with Gasteiger partial charge in [0.1, 0.15) is 0 Å². The lowest BCUT2D eigenvalue weighted by molar-refractivity contribution is -0.132. The highest BCUT2D eigenvalue weighted by Crippen LogP contribution is 2.24. The number of nitrogens with zero attached hydrogens (tertiary/aromatic N) is 2. The van der Waals surface area contributed by atoms with E-state index in [1.165, 1.54) is 17.5 Å². The van der Waals surface area contributed by atoms with Gasteiger partial charge in [0.05, 0.1) is 0 Å². The quantitative estimate of drug-likeness (QED) is 0.733. The number of piperidine rings is 1. The monoisotopic (exact) mass is 356 g/mol. The molecule has 1 fully saturated rings. The van der Waals surface area contributed by atoms with Crippen molar-refractivity contribution in [2.24, 2.45) is 0 Å². The maximum atomic E-state index is 12.5. The smallest absolute Gasteiger partial charge is 0.223 e. The topological polar surface area (TPSA) is 40.6 Å². The van der Waals surface area contributed by atoms with E-state index < -0.39 is 0 Å². The lowest BCUT2D eigenvalue weighted by Crippen LogP contribution is -2.47. The molecule has 1 heterocycles. The zero-order valence-corrected chi connectivity index (χ0v) is 16.5. The van der Waals surface area contributed by atoms with Gasteiger partial charge in [0.2, 0.25) is 5.91 Å². The second-order valence-corrected chi connectivity index (χ2v) is 8.13.